The zero-order valence-corrected chi connectivity index (χ0v) is 20.1. The Kier molecular flexibility index (Phi) is 7.16. The van der Waals surface area contributed by atoms with Gasteiger partial charge in [0.2, 0.25) is 0 Å². The molecule has 0 radical (unpaired) electrons. The lowest BCUT2D eigenvalue weighted by atomic mass is 9.89. The van der Waals surface area contributed by atoms with Crippen LogP contribution in [0.25, 0.3) is 11.1 Å². The van der Waals surface area contributed by atoms with E-state index >= 15 is 4.39 Å². The fraction of sp³-hybridized carbons (Fsp3) is 0.320. The number of benzene rings is 2. The average Bonchev–Trinajstić information content (AvgIpc) is 3.25. The number of aliphatic imine (C=N–C) groups is 1. The van der Waals surface area contributed by atoms with Gasteiger partial charge in [0.1, 0.15) is 11.6 Å². The van der Waals surface area contributed by atoms with Crippen molar-refractivity contribution >= 4 is 37.5 Å². The van der Waals surface area contributed by atoms with Crippen LogP contribution in [0, 0.1) is 5.82 Å². The maximum Gasteiger partial charge on any atom is 0.130 e. The molecule has 3 aromatic rings. The van der Waals surface area contributed by atoms with E-state index in [2.05, 4.69) is 13.0 Å². The van der Waals surface area contributed by atoms with E-state index in [0.29, 0.717) is 29.8 Å². The first-order valence-electron chi connectivity index (χ1n) is 10.5. The van der Waals surface area contributed by atoms with Gasteiger partial charge in [-0.05, 0) is 73.2 Å². The van der Waals surface area contributed by atoms with E-state index in [4.69, 9.17) is 32.6 Å². The zero-order valence-electron chi connectivity index (χ0n) is 17.6. The lowest BCUT2D eigenvalue weighted by Crippen LogP contribution is -2.10. The molecule has 0 spiro atoms. The molecule has 2 aromatic carbocycles. The third kappa shape index (κ3) is 5.22. The maximum atomic E-state index is 15.1. The van der Waals surface area contributed by atoms with Crippen LogP contribution in [0.4, 0.5) is 4.39 Å². The minimum absolute atomic E-state index is 0.187. The number of nitrogens with zero attached hydrogens (tertiary/aromatic N) is 1. The van der Waals surface area contributed by atoms with Crippen molar-refractivity contribution in [3.8, 4) is 11.1 Å². The van der Waals surface area contributed by atoms with Gasteiger partial charge in [0.05, 0.1) is 12.3 Å². The van der Waals surface area contributed by atoms with Crippen molar-refractivity contribution < 1.29 is 8.81 Å². The molecule has 3 atom stereocenters. The Morgan fingerprint density at radius 1 is 1.23 bits per heavy atom. The summed E-state index contributed by atoms with van der Waals surface area (Å²) in [5.41, 5.74) is 4.70. The van der Waals surface area contributed by atoms with Gasteiger partial charge >= 0.3 is 0 Å². The van der Waals surface area contributed by atoms with Crippen LogP contribution in [0.2, 0.25) is 10.0 Å². The van der Waals surface area contributed by atoms with E-state index < -0.39 is 0 Å². The topological polar surface area (TPSA) is 25.5 Å². The van der Waals surface area contributed by atoms with Crippen LogP contribution < -0.4 is 0 Å². The van der Waals surface area contributed by atoms with Crippen LogP contribution in [0.1, 0.15) is 61.7 Å². The van der Waals surface area contributed by atoms with E-state index in [1.807, 2.05) is 37.3 Å². The number of hydrogen-bond donors (Lipinski definition) is 0. The first-order valence-corrected chi connectivity index (χ1v) is 12.5. The molecule has 1 aromatic heterocycles. The minimum atomic E-state index is -0.306. The monoisotopic (exact) mass is 475 g/mol. The van der Waals surface area contributed by atoms with E-state index in [9.17, 15) is 0 Å². The molecule has 0 N–H and O–H groups in total. The largest absolute Gasteiger partial charge is 0.469 e. The molecule has 0 saturated heterocycles. The summed E-state index contributed by atoms with van der Waals surface area (Å²) in [7, 11) is 0.655. The highest BCUT2D eigenvalue weighted by Gasteiger charge is 2.24. The quantitative estimate of drug-likeness (QED) is 0.326. The molecule has 0 saturated carbocycles. The summed E-state index contributed by atoms with van der Waals surface area (Å²) in [5, 5.41) is 1.06. The molecule has 0 fully saturated rings. The molecule has 1 aliphatic rings. The summed E-state index contributed by atoms with van der Waals surface area (Å²) in [5.74, 6) is 0.680. The van der Waals surface area contributed by atoms with Crippen molar-refractivity contribution in [3.05, 3.63) is 81.5 Å². The van der Waals surface area contributed by atoms with Gasteiger partial charge < -0.3 is 4.42 Å². The molecule has 2 nitrogen and oxygen atoms in total. The van der Waals surface area contributed by atoms with E-state index in [-0.39, 0.29) is 11.9 Å². The number of furan rings is 1. The third-order valence-electron chi connectivity index (χ3n) is 5.76. The highest BCUT2D eigenvalue weighted by Crippen LogP contribution is 2.43. The summed E-state index contributed by atoms with van der Waals surface area (Å²) in [4.78, 5) is 4.74. The number of hydrogen-bond acceptors (Lipinski definition) is 2. The second kappa shape index (κ2) is 9.86. The van der Waals surface area contributed by atoms with Gasteiger partial charge in [-0.3, -0.25) is 4.99 Å². The summed E-state index contributed by atoms with van der Waals surface area (Å²) >= 11 is 12.9. The van der Waals surface area contributed by atoms with Gasteiger partial charge in [-0.1, -0.05) is 42.3 Å². The van der Waals surface area contributed by atoms with Crippen molar-refractivity contribution in [1.82, 2.24) is 0 Å². The fourth-order valence-corrected chi connectivity index (χ4v) is 5.96. The minimum Gasteiger partial charge on any atom is -0.469 e. The zero-order chi connectivity index (χ0) is 22.0. The van der Waals surface area contributed by atoms with E-state index in [0.717, 1.165) is 53.6 Å². The van der Waals surface area contributed by atoms with E-state index in [1.165, 1.54) is 6.07 Å². The molecule has 0 aliphatic carbocycles. The Balaban J connectivity index is 1.65. The number of rotatable bonds is 6. The Labute approximate surface area is 194 Å². The second-order valence-corrected chi connectivity index (χ2v) is 10.5. The van der Waals surface area contributed by atoms with Crippen LogP contribution in [-0.2, 0) is 6.16 Å². The van der Waals surface area contributed by atoms with Gasteiger partial charge in [-0.15, -0.1) is 8.58 Å². The second-order valence-electron chi connectivity index (χ2n) is 8.04. The molecule has 0 amide bonds. The predicted octanol–water partition coefficient (Wildman–Crippen LogP) is 9.02. The summed E-state index contributed by atoms with van der Waals surface area (Å²) in [6.45, 7) is 4.18. The van der Waals surface area contributed by atoms with Gasteiger partial charge in [0.25, 0.3) is 0 Å². The molecule has 162 valence electrons. The molecule has 0 bridgehead atoms. The van der Waals surface area contributed by atoms with Gasteiger partial charge in [-0.25, -0.2) is 4.39 Å². The Bertz CT molecular complexity index is 1100. The molecular formula is C25H25Cl2FNOP. The SMILES string of the molecule is CC1=NC(c2c(F)cc(Cl)cc2-c2ccc(C(C)PCc3ccco3)c(Cl)c2)CCC1. The smallest absolute Gasteiger partial charge is 0.130 e. The fourth-order valence-electron chi connectivity index (χ4n) is 4.14. The van der Waals surface area contributed by atoms with Crippen molar-refractivity contribution in [1.29, 1.82) is 0 Å². The Morgan fingerprint density at radius 2 is 2.06 bits per heavy atom. The maximum absolute atomic E-state index is 15.1. The lowest BCUT2D eigenvalue weighted by Gasteiger charge is -2.23. The standard InChI is InChI=1S/C25H25Cl2FNOP/c1-15-5-3-7-24(29-15)25-21(12-18(26)13-23(25)28)17-8-9-20(22(27)11-17)16(2)31-14-19-6-4-10-30-19/h4,6,8-13,16,24,31H,3,5,7,14H2,1-2H3. The van der Waals surface area contributed by atoms with Gasteiger partial charge in [-0.2, -0.15) is 0 Å². The highest BCUT2D eigenvalue weighted by atomic mass is 35.5. The molecule has 1 aliphatic heterocycles. The third-order valence-corrected chi connectivity index (χ3v) is 7.78. The Hall–Kier alpha value is -1.67. The highest BCUT2D eigenvalue weighted by molar-refractivity contribution is 7.37. The van der Waals surface area contributed by atoms with Crippen LogP contribution in [0.15, 0.2) is 58.1 Å². The normalized spacial score (nSPS) is 17.8. The molecule has 2 heterocycles. The van der Waals surface area contributed by atoms with Crippen LogP contribution in [0.3, 0.4) is 0 Å². The Morgan fingerprint density at radius 3 is 2.77 bits per heavy atom. The van der Waals surface area contributed by atoms with Crippen molar-refractivity contribution in [2.24, 2.45) is 4.99 Å². The molecule has 31 heavy (non-hydrogen) atoms. The first-order chi connectivity index (χ1) is 14.9. The van der Waals surface area contributed by atoms with Crippen LogP contribution in [-0.4, -0.2) is 5.71 Å². The molecular weight excluding hydrogens is 451 g/mol. The van der Waals surface area contributed by atoms with Gasteiger partial charge in [0, 0.05) is 33.1 Å². The summed E-state index contributed by atoms with van der Waals surface area (Å²) in [6, 6.07) is 12.9. The van der Waals surface area contributed by atoms with Crippen molar-refractivity contribution in [2.45, 2.75) is 51.0 Å². The predicted molar refractivity (Wildman–Crippen MR) is 131 cm³/mol. The average molecular weight is 476 g/mol. The van der Waals surface area contributed by atoms with Gasteiger partial charge in [0.15, 0.2) is 0 Å². The summed E-state index contributed by atoms with van der Waals surface area (Å²) in [6.07, 6.45) is 5.40. The molecule has 6 heteroatoms. The molecule has 4 rings (SSSR count). The molecule has 3 unspecified atom stereocenters. The van der Waals surface area contributed by atoms with Crippen molar-refractivity contribution in [2.75, 3.05) is 0 Å². The summed E-state index contributed by atoms with van der Waals surface area (Å²) < 4.78 is 20.5. The van der Waals surface area contributed by atoms with Crippen LogP contribution >= 0.6 is 31.8 Å². The van der Waals surface area contributed by atoms with Crippen molar-refractivity contribution in [3.63, 3.8) is 0 Å². The van der Waals surface area contributed by atoms with E-state index in [1.54, 1.807) is 6.26 Å². The number of halogens is 3. The van der Waals surface area contributed by atoms with Crippen LogP contribution in [0.5, 0.6) is 0 Å². The lowest BCUT2D eigenvalue weighted by molar-refractivity contribution is 0.529. The first kappa shape index (κ1) is 22.5.